The van der Waals surface area contributed by atoms with Gasteiger partial charge in [-0.25, -0.2) is 0 Å². The first kappa shape index (κ1) is 8.89. The molecule has 0 bridgehead atoms. The van der Waals surface area contributed by atoms with Gasteiger partial charge in [-0.05, 0) is 0 Å². The van der Waals surface area contributed by atoms with Gasteiger partial charge >= 0.3 is 0 Å². The van der Waals surface area contributed by atoms with E-state index in [1.54, 1.807) is 0 Å². The molecular weight excluding hydrogens is 152 g/mol. The zero-order chi connectivity index (χ0) is 8.48. The molecule has 0 amide bonds. The Morgan fingerprint density at radius 3 is 2.64 bits per heavy atom. The van der Waals surface area contributed by atoms with Gasteiger partial charge in [-0.2, -0.15) is 0 Å². The average molecular weight is 164 g/mol. The highest BCUT2D eigenvalue weighted by atomic mass is 16.7. The van der Waals surface area contributed by atoms with Gasteiger partial charge in [0.05, 0.1) is 13.2 Å². The number of aliphatic hydroxyl groups is 3. The normalized spacial score (nSPS) is 44.7. The highest BCUT2D eigenvalue weighted by Crippen LogP contribution is 2.24. The molecule has 5 heteroatoms. The summed E-state index contributed by atoms with van der Waals surface area (Å²) in [6, 6.07) is 0. The van der Waals surface area contributed by atoms with Gasteiger partial charge in [0.1, 0.15) is 11.7 Å². The Hall–Kier alpha value is -0.200. The van der Waals surface area contributed by atoms with Crippen LogP contribution in [0.5, 0.6) is 0 Å². The lowest BCUT2D eigenvalue weighted by Crippen LogP contribution is -2.47. The van der Waals surface area contributed by atoms with E-state index in [0.29, 0.717) is 0 Å². The Morgan fingerprint density at radius 2 is 2.36 bits per heavy atom. The molecule has 1 saturated heterocycles. The van der Waals surface area contributed by atoms with Gasteiger partial charge in [0.15, 0.2) is 6.29 Å². The van der Waals surface area contributed by atoms with E-state index >= 15 is 0 Å². The smallest absolute Gasteiger partial charge is 0.186 e. The third-order valence-electron chi connectivity index (χ3n) is 1.81. The van der Waals surface area contributed by atoms with Crippen molar-refractivity contribution in [2.75, 3.05) is 20.3 Å². The molecular formula is C6H12O5. The van der Waals surface area contributed by atoms with Crippen LogP contribution in [0, 0.1) is 0 Å². The lowest BCUT2D eigenvalue weighted by Gasteiger charge is -2.22. The zero-order valence-electron chi connectivity index (χ0n) is 6.23. The first-order valence-corrected chi connectivity index (χ1v) is 3.30. The lowest BCUT2D eigenvalue weighted by atomic mass is 10.0. The van der Waals surface area contributed by atoms with Crippen molar-refractivity contribution in [2.45, 2.75) is 18.0 Å². The minimum Gasteiger partial charge on any atom is -0.393 e. The van der Waals surface area contributed by atoms with Crippen LogP contribution in [-0.2, 0) is 9.47 Å². The molecule has 0 aromatic carbocycles. The SMILES string of the molecule is CO[C@@H]1OCC(O)(CO)[C@H]1O. The molecule has 1 heterocycles. The minimum atomic E-state index is -1.57. The van der Waals surface area contributed by atoms with Crippen LogP contribution in [0.4, 0.5) is 0 Å². The van der Waals surface area contributed by atoms with Gasteiger partial charge < -0.3 is 24.8 Å². The molecule has 0 spiro atoms. The number of methoxy groups -OCH3 is 1. The molecule has 3 atom stereocenters. The van der Waals surface area contributed by atoms with E-state index in [1.165, 1.54) is 7.11 Å². The van der Waals surface area contributed by atoms with E-state index in [4.69, 9.17) is 9.84 Å². The van der Waals surface area contributed by atoms with Crippen molar-refractivity contribution in [3.05, 3.63) is 0 Å². The fourth-order valence-electron chi connectivity index (χ4n) is 0.992. The summed E-state index contributed by atoms with van der Waals surface area (Å²) in [5.41, 5.74) is -1.57. The van der Waals surface area contributed by atoms with Gasteiger partial charge in [0.25, 0.3) is 0 Å². The van der Waals surface area contributed by atoms with Crippen molar-refractivity contribution in [2.24, 2.45) is 0 Å². The molecule has 1 fully saturated rings. The molecule has 1 aliphatic rings. The van der Waals surface area contributed by atoms with Gasteiger partial charge in [-0.3, -0.25) is 0 Å². The zero-order valence-corrected chi connectivity index (χ0v) is 6.23. The molecule has 0 saturated carbocycles. The van der Waals surface area contributed by atoms with Gasteiger partial charge in [-0.15, -0.1) is 0 Å². The molecule has 5 nitrogen and oxygen atoms in total. The van der Waals surface area contributed by atoms with Crippen LogP contribution in [0.3, 0.4) is 0 Å². The van der Waals surface area contributed by atoms with Gasteiger partial charge in [0, 0.05) is 7.11 Å². The second kappa shape index (κ2) is 3.04. The summed E-state index contributed by atoms with van der Waals surface area (Å²) in [4.78, 5) is 0. The number of hydrogen-bond acceptors (Lipinski definition) is 5. The minimum absolute atomic E-state index is 0.108. The van der Waals surface area contributed by atoms with Crippen LogP contribution >= 0.6 is 0 Å². The first-order valence-electron chi connectivity index (χ1n) is 3.30. The number of rotatable bonds is 2. The fourth-order valence-corrected chi connectivity index (χ4v) is 0.992. The van der Waals surface area contributed by atoms with Crippen molar-refractivity contribution in [1.29, 1.82) is 0 Å². The maximum atomic E-state index is 9.37. The Morgan fingerprint density at radius 1 is 1.73 bits per heavy atom. The molecule has 0 aliphatic carbocycles. The topological polar surface area (TPSA) is 79.2 Å². The Balaban J connectivity index is 2.61. The molecule has 0 aromatic heterocycles. The van der Waals surface area contributed by atoms with E-state index in [1.807, 2.05) is 0 Å². The molecule has 3 N–H and O–H groups in total. The molecule has 66 valence electrons. The summed E-state index contributed by atoms with van der Waals surface area (Å²) in [7, 11) is 1.36. The first-order chi connectivity index (χ1) is 5.14. The Bertz CT molecular complexity index is 139. The summed E-state index contributed by atoms with van der Waals surface area (Å²) in [6.45, 7) is -0.642. The van der Waals surface area contributed by atoms with E-state index in [2.05, 4.69) is 4.74 Å². The second-order valence-corrected chi connectivity index (χ2v) is 2.62. The third-order valence-corrected chi connectivity index (χ3v) is 1.81. The lowest BCUT2D eigenvalue weighted by molar-refractivity contribution is -0.146. The second-order valence-electron chi connectivity index (χ2n) is 2.62. The van der Waals surface area contributed by atoms with Crippen LogP contribution in [0.1, 0.15) is 0 Å². The monoisotopic (exact) mass is 164 g/mol. The van der Waals surface area contributed by atoms with E-state index in [-0.39, 0.29) is 6.61 Å². The number of hydrogen-bond donors (Lipinski definition) is 3. The molecule has 1 unspecified atom stereocenters. The highest BCUT2D eigenvalue weighted by Gasteiger charge is 2.47. The number of ether oxygens (including phenoxy) is 2. The van der Waals surface area contributed by atoms with E-state index in [0.717, 1.165) is 0 Å². The predicted molar refractivity (Wildman–Crippen MR) is 34.8 cm³/mol. The Kier molecular flexibility index (Phi) is 2.46. The summed E-state index contributed by atoms with van der Waals surface area (Å²) in [5, 5.41) is 27.3. The molecule has 1 rings (SSSR count). The summed E-state index contributed by atoms with van der Waals surface area (Å²) in [6.07, 6.45) is -2.02. The Labute approximate surface area is 64.2 Å². The molecule has 11 heavy (non-hydrogen) atoms. The van der Waals surface area contributed by atoms with Crippen molar-refractivity contribution >= 4 is 0 Å². The van der Waals surface area contributed by atoms with Crippen molar-refractivity contribution in [1.82, 2.24) is 0 Å². The predicted octanol–water partition coefficient (Wildman–Crippen LogP) is -1.93. The van der Waals surface area contributed by atoms with E-state index in [9.17, 15) is 10.2 Å². The van der Waals surface area contributed by atoms with Crippen LogP contribution in [0.15, 0.2) is 0 Å². The van der Waals surface area contributed by atoms with Crippen molar-refractivity contribution in [3.63, 3.8) is 0 Å². The fraction of sp³-hybridized carbons (Fsp3) is 1.00. The quantitative estimate of drug-likeness (QED) is 0.443. The highest BCUT2D eigenvalue weighted by molar-refractivity contribution is 4.93. The van der Waals surface area contributed by atoms with Gasteiger partial charge in [-0.1, -0.05) is 0 Å². The average Bonchev–Trinajstić information content (AvgIpc) is 2.31. The summed E-state index contributed by atoms with van der Waals surface area (Å²) in [5.74, 6) is 0. The van der Waals surface area contributed by atoms with Crippen LogP contribution in [0.25, 0.3) is 0 Å². The largest absolute Gasteiger partial charge is 0.393 e. The summed E-state index contributed by atoms with van der Waals surface area (Å²) >= 11 is 0. The van der Waals surface area contributed by atoms with E-state index < -0.39 is 24.6 Å². The standard InChI is InChI=1S/C6H12O5/c1-10-5-4(8)6(9,2-7)3-11-5/h4-5,7-9H,2-3H2,1H3/t4-,5+,6?/m0/s1. The molecule has 1 aliphatic heterocycles. The van der Waals surface area contributed by atoms with Crippen molar-refractivity contribution in [3.8, 4) is 0 Å². The van der Waals surface area contributed by atoms with Crippen LogP contribution in [-0.4, -0.2) is 53.6 Å². The van der Waals surface area contributed by atoms with Gasteiger partial charge in [0.2, 0.25) is 0 Å². The van der Waals surface area contributed by atoms with Crippen LogP contribution < -0.4 is 0 Å². The maximum Gasteiger partial charge on any atom is 0.186 e. The van der Waals surface area contributed by atoms with Crippen LogP contribution in [0.2, 0.25) is 0 Å². The molecule has 0 radical (unpaired) electrons. The molecule has 0 aromatic rings. The number of aliphatic hydroxyl groups excluding tert-OH is 2. The van der Waals surface area contributed by atoms with Crippen molar-refractivity contribution < 1.29 is 24.8 Å². The summed E-state index contributed by atoms with van der Waals surface area (Å²) < 4.78 is 9.52. The third kappa shape index (κ3) is 1.38. The maximum absolute atomic E-state index is 9.37.